The molecule has 6 heteroatoms. The average molecular weight is 498 g/mol. The fourth-order valence-corrected chi connectivity index (χ4v) is 6.23. The summed E-state index contributed by atoms with van der Waals surface area (Å²) in [5.41, 5.74) is 8.32. The number of nitrogens with two attached hydrogens (primary N) is 1. The highest BCUT2D eigenvalue weighted by atomic mass is 35.5. The van der Waals surface area contributed by atoms with E-state index in [9.17, 15) is 4.79 Å². The summed E-state index contributed by atoms with van der Waals surface area (Å²) in [5, 5.41) is 0.618. The van der Waals surface area contributed by atoms with Crippen molar-refractivity contribution in [2.24, 2.45) is 5.41 Å². The fraction of sp³-hybridized carbons (Fsp3) is 0.552. The molecular formula is C29H40ClN3O2. The van der Waals surface area contributed by atoms with Gasteiger partial charge in [-0.25, -0.2) is 0 Å². The van der Waals surface area contributed by atoms with Gasteiger partial charge in [0.15, 0.2) is 0 Å². The molecule has 0 aromatic heterocycles. The lowest BCUT2D eigenvalue weighted by molar-refractivity contribution is -0.119. The number of carbonyl (C=O) groups excluding carboxylic acids is 1. The van der Waals surface area contributed by atoms with Crippen LogP contribution in [0.15, 0.2) is 48.5 Å². The number of halogens is 1. The summed E-state index contributed by atoms with van der Waals surface area (Å²) < 4.78 is 5.80. The van der Waals surface area contributed by atoms with Crippen molar-refractivity contribution >= 4 is 23.7 Å². The van der Waals surface area contributed by atoms with E-state index >= 15 is 0 Å². The highest BCUT2D eigenvalue weighted by molar-refractivity contribution is 6.33. The summed E-state index contributed by atoms with van der Waals surface area (Å²) in [5.74, 6) is 0.975. The smallest absolute Gasteiger partial charge is 0.209 e. The first-order valence-corrected chi connectivity index (χ1v) is 13.3. The van der Waals surface area contributed by atoms with Gasteiger partial charge in [0.05, 0.1) is 16.8 Å². The Balaban J connectivity index is 0.000000308. The number of likely N-dealkylation sites (tertiary alicyclic amines) is 2. The molecule has 2 saturated heterocycles. The third-order valence-corrected chi connectivity index (χ3v) is 8.77. The molecule has 2 aliphatic heterocycles. The lowest BCUT2D eigenvalue weighted by Crippen LogP contribution is -2.48. The minimum Gasteiger partial charge on any atom is -0.491 e. The van der Waals surface area contributed by atoms with E-state index in [0.29, 0.717) is 27.6 Å². The monoisotopic (exact) mass is 497 g/mol. The molecule has 1 saturated carbocycles. The Morgan fingerprint density at radius 2 is 1.66 bits per heavy atom. The quantitative estimate of drug-likeness (QED) is 0.421. The molecule has 2 aromatic carbocycles. The van der Waals surface area contributed by atoms with Crippen LogP contribution >= 0.6 is 11.6 Å². The predicted octanol–water partition coefficient (Wildman–Crippen LogP) is 5.76. The van der Waals surface area contributed by atoms with Gasteiger partial charge in [0.1, 0.15) is 5.75 Å². The van der Waals surface area contributed by atoms with Gasteiger partial charge in [0.25, 0.3) is 0 Å². The van der Waals surface area contributed by atoms with Crippen LogP contribution in [-0.4, -0.2) is 54.5 Å². The maximum absolute atomic E-state index is 10.9. The van der Waals surface area contributed by atoms with Crippen molar-refractivity contribution < 1.29 is 9.53 Å². The van der Waals surface area contributed by atoms with Crippen LogP contribution in [0, 0.1) is 5.41 Å². The van der Waals surface area contributed by atoms with Gasteiger partial charge in [-0.05, 0) is 99.7 Å². The molecule has 0 bridgehead atoms. The second-order valence-corrected chi connectivity index (χ2v) is 11.3. The maximum atomic E-state index is 10.9. The highest BCUT2D eigenvalue weighted by Crippen LogP contribution is 2.69. The SMILES string of the molecule is CC(C)Oc1ccc(C2(C)CC23CCN(C2CCN(C=O)CC2)CC3)cc1.Nc1ccccc1Cl. The molecule has 3 aliphatic rings. The molecule has 2 aromatic rings. The van der Waals surface area contributed by atoms with E-state index in [2.05, 4.69) is 49.9 Å². The van der Waals surface area contributed by atoms with E-state index in [0.717, 1.165) is 38.1 Å². The lowest BCUT2D eigenvalue weighted by atomic mass is 9.80. The second-order valence-electron chi connectivity index (χ2n) is 10.9. The van der Waals surface area contributed by atoms with Crippen LogP contribution in [0.5, 0.6) is 5.75 Å². The number of hydrogen-bond acceptors (Lipinski definition) is 4. The highest BCUT2D eigenvalue weighted by Gasteiger charge is 2.64. The zero-order chi connectivity index (χ0) is 25.1. The minimum atomic E-state index is 0.224. The Labute approximate surface area is 215 Å². The summed E-state index contributed by atoms with van der Waals surface area (Å²) in [6.45, 7) is 10.9. The third-order valence-electron chi connectivity index (χ3n) is 8.43. The molecular weight excluding hydrogens is 458 g/mol. The first kappa shape index (κ1) is 25.8. The van der Waals surface area contributed by atoms with Gasteiger partial charge in [-0.15, -0.1) is 0 Å². The number of nitrogens with zero attached hydrogens (tertiary/aromatic N) is 2. The normalized spacial score (nSPS) is 24.1. The molecule has 5 rings (SSSR count). The number of amides is 1. The van der Waals surface area contributed by atoms with E-state index in [1.165, 1.54) is 37.9 Å². The molecule has 2 N–H and O–H groups in total. The Bertz CT molecular complexity index is 959. The van der Waals surface area contributed by atoms with Crippen LogP contribution in [0.1, 0.15) is 58.4 Å². The van der Waals surface area contributed by atoms with Gasteiger partial charge in [-0.1, -0.05) is 42.8 Å². The van der Waals surface area contributed by atoms with E-state index in [-0.39, 0.29) is 6.10 Å². The van der Waals surface area contributed by atoms with Gasteiger partial charge in [0, 0.05) is 19.1 Å². The van der Waals surface area contributed by atoms with Crippen molar-refractivity contribution in [2.75, 3.05) is 31.9 Å². The number of ether oxygens (including phenoxy) is 1. The maximum Gasteiger partial charge on any atom is 0.209 e. The zero-order valence-electron chi connectivity index (χ0n) is 21.4. The number of benzene rings is 2. The summed E-state index contributed by atoms with van der Waals surface area (Å²) in [6.07, 6.45) is 7.45. The number of hydrogen-bond donors (Lipinski definition) is 1. The first-order valence-electron chi connectivity index (χ1n) is 13.0. The van der Waals surface area contributed by atoms with Crippen molar-refractivity contribution in [3.05, 3.63) is 59.1 Å². The van der Waals surface area contributed by atoms with Crippen molar-refractivity contribution in [1.82, 2.24) is 9.80 Å². The molecule has 3 fully saturated rings. The Morgan fingerprint density at radius 3 is 2.17 bits per heavy atom. The van der Waals surface area contributed by atoms with Crippen molar-refractivity contribution in [2.45, 2.75) is 70.4 Å². The molecule has 1 unspecified atom stereocenters. The van der Waals surface area contributed by atoms with Crippen LogP contribution in [0.25, 0.3) is 0 Å². The number of piperidine rings is 2. The van der Waals surface area contributed by atoms with Crippen molar-refractivity contribution in [1.29, 1.82) is 0 Å². The van der Waals surface area contributed by atoms with Gasteiger partial charge in [-0.2, -0.15) is 0 Å². The molecule has 2 heterocycles. The molecule has 1 amide bonds. The average Bonchev–Trinajstić information content (AvgIpc) is 3.45. The van der Waals surface area contributed by atoms with Gasteiger partial charge >= 0.3 is 0 Å². The molecule has 5 nitrogen and oxygen atoms in total. The van der Waals surface area contributed by atoms with Gasteiger partial charge in [0.2, 0.25) is 6.41 Å². The Kier molecular flexibility index (Phi) is 7.97. The van der Waals surface area contributed by atoms with E-state index in [1.807, 2.05) is 17.0 Å². The van der Waals surface area contributed by atoms with Crippen molar-refractivity contribution in [3.63, 3.8) is 0 Å². The summed E-state index contributed by atoms with van der Waals surface area (Å²) in [6, 6.07) is 16.8. The summed E-state index contributed by atoms with van der Waals surface area (Å²) in [4.78, 5) is 15.5. The molecule has 190 valence electrons. The molecule has 1 aliphatic carbocycles. The number of anilines is 1. The van der Waals surface area contributed by atoms with E-state index < -0.39 is 0 Å². The van der Waals surface area contributed by atoms with E-state index in [1.54, 1.807) is 12.1 Å². The molecule has 1 atom stereocenters. The fourth-order valence-electron chi connectivity index (χ4n) is 6.09. The van der Waals surface area contributed by atoms with E-state index in [4.69, 9.17) is 22.1 Å². The van der Waals surface area contributed by atoms with Crippen LogP contribution in [-0.2, 0) is 10.2 Å². The third kappa shape index (κ3) is 5.78. The number of para-hydroxylation sites is 1. The molecule has 1 spiro atoms. The molecule has 0 radical (unpaired) electrons. The Morgan fingerprint density at radius 1 is 1.03 bits per heavy atom. The summed E-state index contributed by atoms with van der Waals surface area (Å²) >= 11 is 5.58. The predicted molar refractivity (Wildman–Crippen MR) is 144 cm³/mol. The Hall–Kier alpha value is -2.24. The molecule has 35 heavy (non-hydrogen) atoms. The summed E-state index contributed by atoms with van der Waals surface area (Å²) in [7, 11) is 0. The second kappa shape index (κ2) is 10.8. The van der Waals surface area contributed by atoms with Gasteiger partial charge in [-0.3, -0.25) is 4.79 Å². The largest absolute Gasteiger partial charge is 0.491 e. The van der Waals surface area contributed by atoms with Gasteiger partial charge < -0.3 is 20.3 Å². The lowest BCUT2D eigenvalue weighted by Gasteiger charge is -2.42. The topological polar surface area (TPSA) is 58.8 Å². The number of rotatable bonds is 5. The standard InChI is InChI=1S/C23H34N2O2.C6H6ClN/c1-18(2)27-21-6-4-19(5-7-21)22(3)16-23(22)10-14-25(15-11-23)20-8-12-24(17-26)13-9-20;7-5-3-1-2-4-6(5)8/h4-7,17-18,20H,8-16H2,1-3H3;1-4H,8H2. The number of nitrogen functional groups attached to an aromatic ring is 1. The minimum absolute atomic E-state index is 0.224. The zero-order valence-corrected chi connectivity index (χ0v) is 22.1. The van der Waals surface area contributed by atoms with Crippen LogP contribution in [0.2, 0.25) is 5.02 Å². The first-order chi connectivity index (χ1) is 16.8. The number of carbonyl (C=O) groups is 1. The van der Waals surface area contributed by atoms with Crippen molar-refractivity contribution in [3.8, 4) is 5.75 Å². The van der Waals surface area contributed by atoms with Crippen LogP contribution < -0.4 is 10.5 Å². The van der Waals surface area contributed by atoms with Crippen LogP contribution in [0.4, 0.5) is 5.69 Å². The van der Waals surface area contributed by atoms with Crippen LogP contribution in [0.3, 0.4) is 0 Å².